The summed E-state index contributed by atoms with van der Waals surface area (Å²) in [5.41, 5.74) is 7.25. The summed E-state index contributed by atoms with van der Waals surface area (Å²) in [5.74, 6) is 0.614. The van der Waals surface area contributed by atoms with E-state index in [4.69, 9.17) is 5.73 Å². The highest BCUT2D eigenvalue weighted by Crippen LogP contribution is 2.37. The minimum Gasteiger partial charge on any atom is -0.382 e. The molecule has 1 fully saturated rings. The third-order valence-corrected chi connectivity index (χ3v) is 3.99. The molecule has 4 nitrogen and oxygen atoms in total. The zero-order chi connectivity index (χ0) is 12.5. The van der Waals surface area contributed by atoms with E-state index in [1.165, 1.54) is 19.3 Å². The van der Waals surface area contributed by atoms with Crippen LogP contribution in [0.15, 0.2) is 18.3 Å². The molecule has 17 heavy (non-hydrogen) atoms. The van der Waals surface area contributed by atoms with Crippen LogP contribution >= 0.6 is 0 Å². The van der Waals surface area contributed by atoms with Gasteiger partial charge in [0.1, 0.15) is 5.82 Å². The molecule has 0 bridgehead atoms. The first-order valence-corrected chi connectivity index (χ1v) is 6.14. The Bertz CT molecular complexity index is 385. The summed E-state index contributed by atoms with van der Waals surface area (Å²) in [6.07, 6.45) is 5.60. The van der Waals surface area contributed by atoms with Gasteiger partial charge in [-0.2, -0.15) is 0 Å². The first-order chi connectivity index (χ1) is 8.05. The van der Waals surface area contributed by atoms with Gasteiger partial charge in [0.2, 0.25) is 0 Å². The number of nitrogen functional groups attached to an aromatic ring is 1. The summed E-state index contributed by atoms with van der Waals surface area (Å²) in [4.78, 5) is 8.71. The highest BCUT2D eigenvalue weighted by Gasteiger charge is 2.40. The van der Waals surface area contributed by atoms with Crippen LogP contribution in [0.1, 0.15) is 19.3 Å². The van der Waals surface area contributed by atoms with Crippen LogP contribution in [0.3, 0.4) is 0 Å². The zero-order valence-corrected chi connectivity index (χ0v) is 11.0. The van der Waals surface area contributed by atoms with Gasteiger partial charge in [-0.25, -0.2) is 4.98 Å². The SMILES string of the molecule is CN(CC1(N(C)C)CCC1)c1cccnc1N. The van der Waals surface area contributed by atoms with Crippen LogP contribution in [-0.4, -0.2) is 43.1 Å². The number of likely N-dealkylation sites (N-methyl/N-ethyl adjacent to an activating group) is 2. The van der Waals surface area contributed by atoms with Crippen LogP contribution in [0, 0.1) is 0 Å². The van der Waals surface area contributed by atoms with Crippen molar-refractivity contribution >= 4 is 11.5 Å². The topological polar surface area (TPSA) is 45.4 Å². The van der Waals surface area contributed by atoms with Gasteiger partial charge in [-0.3, -0.25) is 0 Å². The number of aromatic nitrogens is 1. The summed E-state index contributed by atoms with van der Waals surface area (Å²) in [6.45, 7) is 1.01. The molecule has 0 unspecified atom stereocenters. The van der Waals surface area contributed by atoms with Gasteiger partial charge < -0.3 is 15.5 Å². The largest absolute Gasteiger partial charge is 0.382 e. The Labute approximate surface area is 103 Å². The summed E-state index contributed by atoms with van der Waals surface area (Å²) in [5, 5.41) is 0. The molecule has 1 aromatic heterocycles. The highest BCUT2D eigenvalue weighted by atomic mass is 15.2. The molecule has 1 aliphatic rings. The van der Waals surface area contributed by atoms with Crippen molar-refractivity contribution in [3.63, 3.8) is 0 Å². The van der Waals surface area contributed by atoms with E-state index in [1.54, 1.807) is 6.20 Å². The molecule has 0 aliphatic heterocycles. The van der Waals surface area contributed by atoms with Gasteiger partial charge in [0.05, 0.1) is 5.69 Å². The third kappa shape index (κ3) is 2.22. The number of nitrogens with zero attached hydrogens (tertiary/aromatic N) is 3. The Morgan fingerprint density at radius 3 is 2.53 bits per heavy atom. The number of pyridine rings is 1. The molecule has 1 aliphatic carbocycles. The molecule has 0 saturated heterocycles. The Kier molecular flexibility index (Phi) is 3.24. The van der Waals surface area contributed by atoms with Gasteiger partial charge in [-0.15, -0.1) is 0 Å². The third-order valence-electron chi connectivity index (χ3n) is 3.99. The molecule has 0 radical (unpaired) electrons. The molecule has 94 valence electrons. The van der Waals surface area contributed by atoms with E-state index in [1.807, 2.05) is 12.1 Å². The Hall–Kier alpha value is -1.29. The number of anilines is 2. The van der Waals surface area contributed by atoms with E-state index in [-0.39, 0.29) is 0 Å². The molecule has 0 aromatic carbocycles. The Morgan fingerprint density at radius 2 is 2.06 bits per heavy atom. The molecule has 2 rings (SSSR count). The van der Waals surface area contributed by atoms with Crippen molar-refractivity contribution in [1.29, 1.82) is 0 Å². The number of hydrogen-bond acceptors (Lipinski definition) is 4. The summed E-state index contributed by atoms with van der Waals surface area (Å²) >= 11 is 0. The second-order valence-electron chi connectivity index (χ2n) is 5.24. The van der Waals surface area contributed by atoms with Crippen LogP contribution in [0.4, 0.5) is 11.5 Å². The van der Waals surface area contributed by atoms with E-state index in [2.05, 4.69) is 35.9 Å². The molecule has 1 saturated carbocycles. The number of rotatable bonds is 4. The molecular formula is C13H22N4. The Morgan fingerprint density at radius 1 is 1.35 bits per heavy atom. The fourth-order valence-electron chi connectivity index (χ4n) is 2.59. The average molecular weight is 234 g/mol. The zero-order valence-electron chi connectivity index (χ0n) is 11.0. The Balaban J connectivity index is 2.11. The van der Waals surface area contributed by atoms with Crippen molar-refractivity contribution in [3.05, 3.63) is 18.3 Å². The number of nitrogens with two attached hydrogens (primary N) is 1. The molecule has 0 amide bonds. The lowest BCUT2D eigenvalue weighted by Crippen LogP contribution is -2.56. The highest BCUT2D eigenvalue weighted by molar-refractivity contribution is 5.62. The lowest BCUT2D eigenvalue weighted by atomic mass is 9.75. The summed E-state index contributed by atoms with van der Waals surface area (Å²) < 4.78 is 0. The maximum atomic E-state index is 5.91. The fourth-order valence-corrected chi connectivity index (χ4v) is 2.59. The van der Waals surface area contributed by atoms with Crippen LogP contribution in [-0.2, 0) is 0 Å². The molecular weight excluding hydrogens is 212 g/mol. The van der Waals surface area contributed by atoms with Crippen LogP contribution < -0.4 is 10.6 Å². The standard InChI is InChI=1S/C13H22N4/c1-16(2)13(7-5-8-13)10-17(3)11-6-4-9-15-12(11)14/h4,6,9H,5,7-8,10H2,1-3H3,(H2,14,15). The van der Waals surface area contributed by atoms with Crippen molar-refractivity contribution in [2.45, 2.75) is 24.8 Å². The molecule has 4 heteroatoms. The van der Waals surface area contributed by atoms with Crippen LogP contribution in [0.2, 0.25) is 0 Å². The van der Waals surface area contributed by atoms with Crippen molar-refractivity contribution in [2.24, 2.45) is 0 Å². The second kappa shape index (κ2) is 4.53. The molecule has 0 spiro atoms. The molecule has 1 aromatic rings. The maximum absolute atomic E-state index is 5.91. The van der Waals surface area contributed by atoms with E-state index >= 15 is 0 Å². The van der Waals surface area contributed by atoms with Gasteiger partial charge >= 0.3 is 0 Å². The van der Waals surface area contributed by atoms with Crippen molar-refractivity contribution < 1.29 is 0 Å². The average Bonchev–Trinajstić information content (AvgIpc) is 2.23. The van der Waals surface area contributed by atoms with Gasteiger partial charge in [0, 0.05) is 25.3 Å². The maximum Gasteiger partial charge on any atom is 0.146 e. The van der Waals surface area contributed by atoms with Gasteiger partial charge in [0.15, 0.2) is 0 Å². The number of hydrogen-bond donors (Lipinski definition) is 1. The molecule has 0 atom stereocenters. The van der Waals surface area contributed by atoms with Gasteiger partial charge in [-0.05, 0) is 45.5 Å². The smallest absolute Gasteiger partial charge is 0.146 e. The van der Waals surface area contributed by atoms with Crippen LogP contribution in [0.5, 0.6) is 0 Å². The van der Waals surface area contributed by atoms with Crippen molar-refractivity contribution in [3.8, 4) is 0 Å². The second-order valence-corrected chi connectivity index (χ2v) is 5.24. The van der Waals surface area contributed by atoms with Crippen molar-refractivity contribution in [1.82, 2.24) is 9.88 Å². The van der Waals surface area contributed by atoms with E-state index in [0.717, 1.165) is 12.2 Å². The van der Waals surface area contributed by atoms with E-state index in [9.17, 15) is 0 Å². The predicted molar refractivity (Wildman–Crippen MR) is 72.2 cm³/mol. The lowest BCUT2D eigenvalue weighted by molar-refractivity contribution is 0.0683. The normalized spacial score (nSPS) is 17.9. The fraction of sp³-hybridized carbons (Fsp3) is 0.615. The molecule has 1 heterocycles. The van der Waals surface area contributed by atoms with Crippen molar-refractivity contribution in [2.75, 3.05) is 38.3 Å². The minimum absolute atomic E-state index is 0.316. The monoisotopic (exact) mass is 234 g/mol. The summed E-state index contributed by atoms with van der Waals surface area (Å²) in [6, 6.07) is 3.97. The van der Waals surface area contributed by atoms with Gasteiger partial charge in [0.25, 0.3) is 0 Å². The lowest BCUT2D eigenvalue weighted by Gasteiger charge is -2.49. The first kappa shape index (κ1) is 12.2. The summed E-state index contributed by atoms with van der Waals surface area (Å²) in [7, 11) is 6.43. The minimum atomic E-state index is 0.316. The predicted octanol–water partition coefficient (Wildman–Crippen LogP) is 1.58. The van der Waals surface area contributed by atoms with E-state index < -0.39 is 0 Å². The molecule has 2 N–H and O–H groups in total. The van der Waals surface area contributed by atoms with E-state index in [0.29, 0.717) is 11.4 Å². The van der Waals surface area contributed by atoms with Gasteiger partial charge in [-0.1, -0.05) is 0 Å². The first-order valence-electron chi connectivity index (χ1n) is 6.14. The van der Waals surface area contributed by atoms with Crippen LogP contribution in [0.25, 0.3) is 0 Å². The quantitative estimate of drug-likeness (QED) is 0.859.